The second-order valence-electron chi connectivity index (χ2n) is 17.4. The van der Waals surface area contributed by atoms with Gasteiger partial charge in [0.2, 0.25) is 0 Å². The molecule has 0 amide bonds. The molecule has 3 aromatic carbocycles. The number of benzene rings is 3. The van der Waals surface area contributed by atoms with Crippen LogP contribution in [0.3, 0.4) is 0 Å². The number of cyclic esters (lactones) is 12. The molecule has 6 aliphatic heterocycles. The van der Waals surface area contributed by atoms with Crippen molar-refractivity contribution in [3.63, 3.8) is 0 Å². The topological polar surface area (TPSA) is 260 Å². The van der Waals surface area contributed by atoms with Crippen molar-refractivity contribution in [2.75, 3.05) is 0 Å². The monoisotopic (exact) mass is 906 g/mol. The SMILES string of the molecule is CC1(c2ccc(C3(C)CC(=O)OC(=O)C3)cc2)CC(=O)OC(=O)C1.O=C1CC(c2ccc(C3CC(=O)OC(=O)C3)cc2)CC(=O)O1.O=C1CC(c2ccc(C3CC(=O)OC3=O)cc2)C(=O)O1. The van der Waals surface area contributed by atoms with E-state index < -0.39 is 94.3 Å². The van der Waals surface area contributed by atoms with Crippen molar-refractivity contribution >= 4 is 71.6 Å². The minimum atomic E-state index is -0.604. The van der Waals surface area contributed by atoms with E-state index in [-0.39, 0.29) is 76.0 Å². The number of esters is 12. The van der Waals surface area contributed by atoms with Gasteiger partial charge in [-0.05, 0) is 33.4 Å². The summed E-state index contributed by atoms with van der Waals surface area (Å²) < 4.78 is 27.2. The smallest absolute Gasteiger partial charge is 0.321 e. The van der Waals surface area contributed by atoms with Crippen molar-refractivity contribution in [2.24, 2.45) is 0 Å². The van der Waals surface area contributed by atoms with Gasteiger partial charge in [-0.15, -0.1) is 0 Å². The lowest BCUT2D eigenvalue weighted by Crippen LogP contribution is -2.38. The van der Waals surface area contributed by atoms with Gasteiger partial charge in [-0.1, -0.05) is 86.6 Å². The van der Waals surface area contributed by atoms with Crippen LogP contribution in [0.15, 0.2) is 72.8 Å². The first kappa shape index (κ1) is 46.5. The molecule has 6 heterocycles. The van der Waals surface area contributed by atoms with Gasteiger partial charge in [-0.3, -0.25) is 57.5 Å². The summed E-state index contributed by atoms with van der Waals surface area (Å²) in [7, 11) is 0. The zero-order valence-electron chi connectivity index (χ0n) is 35.7. The molecule has 18 nitrogen and oxygen atoms in total. The van der Waals surface area contributed by atoms with Crippen molar-refractivity contribution in [3.05, 3.63) is 106 Å². The Hall–Kier alpha value is -7.50. The molecule has 2 atom stereocenters. The molecule has 6 fully saturated rings. The molecule has 2 unspecified atom stereocenters. The van der Waals surface area contributed by atoms with Crippen molar-refractivity contribution < 1.29 is 86.0 Å². The third-order valence-corrected chi connectivity index (χ3v) is 12.3. The summed E-state index contributed by atoms with van der Waals surface area (Å²) in [5.41, 5.74) is 3.55. The molecule has 342 valence electrons. The lowest BCUT2D eigenvalue weighted by molar-refractivity contribution is -0.168. The van der Waals surface area contributed by atoms with Crippen LogP contribution in [0.5, 0.6) is 0 Å². The standard InChI is InChI=1S/C18H18O6.C16H14O6.C14H10O6/c1-17(7-13(19)23-14(20)8-17)11-3-5-12(6-4-11)18(2)9-15(21)24-16(22)10-18;17-13-5-11(6-14(18)21-13)9-1-2-10(4-3-9)12-7-15(19)22-16(20)8-12;15-11-5-9(13(17)19-11)7-1-2-8(4-3-7)10-6-12(16)20-14(10)18/h3-6H,7-10H2,1-2H3;1-4,11-12H,5-8H2;1-4,9-10H,5-6H2. The van der Waals surface area contributed by atoms with Crippen molar-refractivity contribution in [3.8, 4) is 0 Å². The van der Waals surface area contributed by atoms with Crippen LogP contribution in [-0.2, 0) is 96.8 Å². The highest BCUT2D eigenvalue weighted by Gasteiger charge is 2.42. The van der Waals surface area contributed by atoms with Gasteiger partial charge in [0.05, 0.1) is 76.0 Å². The van der Waals surface area contributed by atoms with Gasteiger partial charge in [0.25, 0.3) is 0 Å². The fourth-order valence-corrected chi connectivity index (χ4v) is 8.78. The first-order valence-electron chi connectivity index (χ1n) is 21.0. The van der Waals surface area contributed by atoms with Crippen LogP contribution >= 0.6 is 0 Å². The lowest BCUT2D eigenvalue weighted by atomic mass is 9.72. The van der Waals surface area contributed by atoms with Gasteiger partial charge in [-0.25, -0.2) is 0 Å². The largest absolute Gasteiger partial charge is 0.393 e. The number of hydrogen-bond donors (Lipinski definition) is 0. The maximum Gasteiger partial charge on any atom is 0.321 e. The van der Waals surface area contributed by atoms with Crippen LogP contribution in [0.2, 0.25) is 0 Å². The molecule has 6 saturated heterocycles. The van der Waals surface area contributed by atoms with Gasteiger partial charge >= 0.3 is 71.6 Å². The second-order valence-corrected chi connectivity index (χ2v) is 17.4. The number of hydrogen-bond acceptors (Lipinski definition) is 18. The van der Waals surface area contributed by atoms with Gasteiger partial charge in [-0.2, -0.15) is 0 Å². The highest BCUT2D eigenvalue weighted by Crippen LogP contribution is 2.40. The van der Waals surface area contributed by atoms with E-state index >= 15 is 0 Å². The van der Waals surface area contributed by atoms with Crippen molar-refractivity contribution in [1.82, 2.24) is 0 Å². The highest BCUT2D eigenvalue weighted by atomic mass is 16.6. The zero-order valence-corrected chi connectivity index (χ0v) is 35.7. The first-order valence-corrected chi connectivity index (χ1v) is 21.0. The predicted octanol–water partition coefficient (Wildman–Crippen LogP) is 4.31. The maximum atomic E-state index is 11.6. The van der Waals surface area contributed by atoms with Crippen LogP contribution in [0.4, 0.5) is 0 Å². The average molecular weight is 907 g/mol. The van der Waals surface area contributed by atoms with E-state index in [1.807, 2.05) is 62.4 Å². The molecule has 0 saturated carbocycles. The molecule has 3 aromatic rings. The van der Waals surface area contributed by atoms with Crippen LogP contribution in [0.25, 0.3) is 0 Å². The minimum absolute atomic E-state index is 0.0299. The molecule has 66 heavy (non-hydrogen) atoms. The van der Waals surface area contributed by atoms with Gasteiger partial charge < -0.3 is 28.4 Å². The summed E-state index contributed by atoms with van der Waals surface area (Å²) in [4.78, 5) is 137. The Balaban J connectivity index is 0.000000148. The summed E-state index contributed by atoms with van der Waals surface area (Å²) in [6, 6.07) is 21.3. The van der Waals surface area contributed by atoms with Crippen LogP contribution < -0.4 is 0 Å². The van der Waals surface area contributed by atoms with Crippen LogP contribution in [0.1, 0.15) is 135 Å². The third-order valence-electron chi connectivity index (χ3n) is 12.3. The molecule has 18 heteroatoms. The van der Waals surface area contributed by atoms with Crippen molar-refractivity contribution in [2.45, 2.75) is 113 Å². The van der Waals surface area contributed by atoms with E-state index in [1.165, 1.54) is 0 Å². The Bertz CT molecular complexity index is 2310. The number of carbonyl (C=O) groups excluding carboxylic acids is 12. The van der Waals surface area contributed by atoms with E-state index in [9.17, 15) is 57.5 Å². The van der Waals surface area contributed by atoms with Crippen molar-refractivity contribution in [1.29, 1.82) is 0 Å². The van der Waals surface area contributed by atoms with Gasteiger partial charge in [0, 0.05) is 22.7 Å². The summed E-state index contributed by atoms with van der Waals surface area (Å²) in [6.07, 6.45) is 1.34. The number of rotatable bonds is 6. The van der Waals surface area contributed by atoms with Crippen LogP contribution in [-0.4, -0.2) is 71.6 Å². The average Bonchev–Trinajstić information content (AvgIpc) is 3.77. The van der Waals surface area contributed by atoms with Gasteiger partial charge in [0.15, 0.2) is 0 Å². The summed E-state index contributed by atoms with van der Waals surface area (Å²) >= 11 is 0. The molecule has 0 radical (unpaired) electrons. The Morgan fingerprint density at radius 3 is 0.818 bits per heavy atom. The molecular weight excluding hydrogens is 865 g/mol. The molecule has 6 aliphatic rings. The third kappa shape index (κ3) is 10.9. The molecule has 0 bridgehead atoms. The molecular formula is C48H42O18. The lowest BCUT2D eigenvalue weighted by Gasteiger charge is -2.34. The van der Waals surface area contributed by atoms with E-state index in [0.717, 1.165) is 22.3 Å². The second kappa shape index (κ2) is 18.9. The van der Waals surface area contributed by atoms with E-state index in [1.54, 1.807) is 24.3 Å². The van der Waals surface area contributed by atoms with E-state index in [0.29, 0.717) is 11.1 Å². The van der Waals surface area contributed by atoms with Crippen LogP contribution in [0, 0.1) is 0 Å². The number of ether oxygens (including phenoxy) is 6. The normalized spacial score (nSPS) is 23.0. The fourth-order valence-electron chi connectivity index (χ4n) is 8.78. The summed E-state index contributed by atoms with van der Waals surface area (Å²) in [5, 5.41) is 0. The Kier molecular flexibility index (Phi) is 13.3. The summed E-state index contributed by atoms with van der Waals surface area (Å²) in [6.45, 7) is 3.70. The highest BCUT2D eigenvalue weighted by molar-refractivity contribution is 5.99. The molecule has 0 spiro atoms. The molecule has 0 aliphatic carbocycles. The first-order chi connectivity index (χ1) is 31.2. The van der Waals surface area contributed by atoms with E-state index in [2.05, 4.69) is 28.4 Å². The Morgan fingerprint density at radius 1 is 0.318 bits per heavy atom. The maximum absolute atomic E-state index is 11.6. The predicted molar refractivity (Wildman–Crippen MR) is 218 cm³/mol. The molecule has 9 rings (SSSR count). The molecule has 0 N–H and O–H groups in total. The molecule has 0 aromatic heterocycles. The van der Waals surface area contributed by atoms with Gasteiger partial charge in [0.1, 0.15) is 0 Å². The minimum Gasteiger partial charge on any atom is -0.393 e. The fraction of sp³-hybridized carbons (Fsp3) is 0.375. The zero-order chi connectivity index (χ0) is 47.5. The Morgan fingerprint density at radius 2 is 0.561 bits per heavy atom. The Labute approximate surface area is 375 Å². The summed E-state index contributed by atoms with van der Waals surface area (Å²) in [5.74, 6) is -7.84. The number of carbonyl (C=O) groups is 12. The van der Waals surface area contributed by atoms with E-state index in [4.69, 9.17) is 0 Å². The quantitative estimate of drug-likeness (QED) is 0.190.